The number of aryl methyl sites for hydroxylation is 1. The molecule has 0 saturated carbocycles. The van der Waals surface area contributed by atoms with E-state index in [1.54, 1.807) is 0 Å². The lowest BCUT2D eigenvalue weighted by atomic mass is 10.7. The fraction of sp³-hybridized carbons (Fsp3) is 0.750. The average molecular weight is 213 g/mol. The van der Waals surface area contributed by atoms with Crippen molar-refractivity contribution in [2.45, 2.75) is 12.1 Å². The van der Waals surface area contributed by atoms with Gasteiger partial charge in [0.25, 0.3) is 0 Å². The minimum Gasteiger partial charge on any atom is -0.367 e. The number of nitrogens with two attached hydrogens (primary N) is 1. The standard InChI is InChI=1S/C4H6F3N5S/c5-4(6,7)13-2-1-12-3(8)9-10-11-12/h1-2H2,(H2,8,9,11). The summed E-state index contributed by atoms with van der Waals surface area (Å²) in [5, 5.41) is 9.89. The molecule has 0 bridgehead atoms. The normalized spacial score (nSPS) is 11.9. The summed E-state index contributed by atoms with van der Waals surface area (Å²) in [6, 6.07) is 0. The molecule has 0 spiro atoms. The van der Waals surface area contributed by atoms with E-state index >= 15 is 0 Å². The quantitative estimate of drug-likeness (QED) is 0.792. The molecule has 9 heteroatoms. The van der Waals surface area contributed by atoms with Gasteiger partial charge in [0.15, 0.2) is 0 Å². The van der Waals surface area contributed by atoms with Crippen LogP contribution in [0.1, 0.15) is 0 Å². The lowest BCUT2D eigenvalue weighted by Gasteiger charge is -2.04. The van der Waals surface area contributed by atoms with Crippen LogP contribution in [0.25, 0.3) is 0 Å². The molecule has 0 unspecified atom stereocenters. The third-order valence-electron chi connectivity index (χ3n) is 1.13. The van der Waals surface area contributed by atoms with E-state index < -0.39 is 5.51 Å². The van der Waals surface area contributed by atoms with E-state index in [1.807, 2.05) is 0 Å². The first-order valence-electron chi connectivity index (χ1n) is 3.21. The van der Waals surface area contributed by atoms with Crippen molar-refractivity contribution >= 4 is 17.7 Å². The Morgan fingerprint density at radius 1 is 1.46 bits per heavy atom. The number of nitrogen functional groups attached to an aromatic ring is 1. The number of anilines is 1. The number of hydrogen-bond acceptors (Lipinski definition) is 5. The van der Waals surface area contributed by atoms with Gasteiger partial charge < -0.3 is 5.73 Å². The average Bonchev–Trinajstić information content (AvgIpc) is 2.34. The van der Waals surface area contributed by atoms with Gasteiger partial charge >= 0.3 is 5.51 Å². The second-order valence-corrected chi connectivity index (χ2v) is 3.21. The minimum atomic E-state index is -4.22. The number of halogens is 3. The molecule has 74 valence electrons. The maximum absolute atomic E-state index is 11.7. The van der Waals surface area contributed by atoms with Crippen LogP contribution in [-0.2, 0) is 6.54 Å². The van der Waals surface area contributed by atoms with Crippen LogP contribution in [-0.4, -0.2) is 31.5 Å². The Bertz CT molecular complexity index is 271. The van der Waals surface area contributed by atoms with Crippen molar-refractivity contribution in [3.05, 3.63) is 0 Å². The smallest absolute Gasteiger partial charge is 0.367 e. The van der Waals surface area contributed by atoms with Gasteiger partial charge in [-0.15, -0.1) is 0 Å². The Hall–Kier alpha value is -0.990. The van der Waals surface area contributed by atoms with Gasteiger partial charge in [0, 0.05) is 5.75 Å². The highest BCUT2D eigenvalue weighted by Crippen LogP contribution is 2.29. The molecule has 0 aliphatic rings. The Morgan fingerprint density at radius 3 is 2.62 bits per heavy atom. The van der Waals surface area contributed by atoms with Crippen molar-refractivity contribution in [3.8, 4) is 0 Å². The highest BCUT2D eigenvalue weighted by atomic mass is 32.2. The van der Waals surface area contributed by atoms with Gasteiger partial charge in [-0.3, -0.25) is 0 Å². The number of nitrogens with zero attached hydrogens (tertiary/aromatic N) is 4. The summed E-state index contributed by atoms with van der Waals surface area (Å²) in [5.74, 6) is -0.138. The molecular weight excluding hydrogens is 207 g/mol. The number of rotatable bonds is 3. The van der Waals surface area contributed by atoms with Crippen LogP contribution in [0.2, 0.25) is 0 Å². The van der Waals surface area contributed by atoms with Crippen LogP contribution in [0.15, 0.2) is 0 Å². The molecule has 0 radical (unpaired) electrons. The Morgan fingerprint density at radius 2 is 2.15 bits per heavy atom. The molecule has 1 heterocycles. The van der Waals surface area contributed by atoms with Gasteiger partial charge in [-0.1, -0.05) is 5.10 Å². The number of alkyl halides is 3. The van der Waals surface area contributed by atoms with Crippen molar-refractivity contribution in [2.75, 3.05) is 11.5 Å². The van der Waals surface area contributed by atoms with Crippen molar-refractivity contribution < 1.29 is 13.2 Å². The summed E-state index contributed by atoms with van der Waals surface area (Å²) in [6.07, 6.45) is 0. The van der Waals surface area contributed by atoms with E-state index in [0.29, 0.717) is 0 Å². The lowest BCUT2D eigenvalue weighted by molar-refractivity contribution is -0.0328. The molecule has 0 aliphatic heterocycles. The van der Waals surface area contributed by atoms with Crippen molar-refractivity contribution in [1.82, 2.24) is 20.2 Å². The summed E-state index contributed by atoms with van der Waals surface area (Å²) in [7, 11) is 0. The third kappa shape index (κ3) is 3.49. The molecule has 0 aromatic carbocycles. The molecule has 1 aromatic rings. The minimum absolute atomic E-state index is 0.0165. The Labute approximate surface area is 75.5 Å². The second-order valence-electron chi connectivity index (χ2n) is 2.05. The molecule has 1 aromatic heterocycles. The number of aromatic nitrogens is 4. The molecule has 0 aliphatic carbocycles. The highest BCUT2D eigenvalue weighted by molar-refractivity contribution is 8.00. The zero-order chi connectivity index (χ0) is 9.90. The van der Waals surface area contributed by atoms with E-state index in [1.165, 1.54) is 0 Å². The number of hydrogen-bond donors (Lipinski definition) is 1. The summed E-state index contributed by atoms with van der Waals surface area (Å²) >= 11 is -0.131. The number of tetrazole rings is 1. The van der Waals surface area contributed by atoms with E-state index in [2.05, 4.69) is 15.5 Å². The van der Waals surface area contributed by atoms with Crippen molar-refractivity contribution in [2.24, 2.45) is 0 Å². The fourth-order valence-electron chi connectivity index (χ4n) is 0.619. The molecule has 0 fully saturated rings. The Balaban J connectivity index is 2.32. The monoisotopic (exact) mass is 213 g/mol. The SMILES string of the molecule is Nc1nnnn1CCSC(F)(F)F. The first-order valence-corrected chi connectivity index (χ1v) is 4.20. The van der Waals surface area contributed by atoms with E-state index in [9.17, 15) is 13.2 Å². The summed E-state index contributed by atoms with van der Waals surface area (Å²) in [4.78, 5) is 0. The van der Waals surface area contributed by atoms with Gasteiger partial charge in [0.05, 0.1) is 6.54 Å². The highest BCUT2D eigenvalue weighted by Gasteiger charge is 2.27. The van der Waals surface area contributed by atoms with Crippen molar-refractivity contribution in [1.29, 1.82) is 0 Å². The molecule has 0 amide bonds. The van der Waals surface area contributed by atoms with E-state index in [4.69, 9.17) is 5.73 Å². The molecule has 2 N–H and O–H groups in total. The molecule has 0 saturated heterocycles. The maximum atomic E-state index is 11.7. The summed E-state index contributed by atoms with van der Waals surface area (Å²) in [6.45, 7) is 0.0447. The Kier molecular flexibility index (Phi) is 2.96. The maximum Gasteiger partial charge on any atom is 0.441 e. The molecule has 5 nitrogen and oxygen atoms in total. The van der Waals surface area contributed by atoms with Crippen molar-refractivity contribution in [3.63, 3.8) is 0 Å². The molecule has 13 heavy (non-hydrogen) atoms. The van der Waals surface area contributed by atoms with Crippen LogP contribution >= 0.6 is 11.8 Å². The lowest BCUT2D eigenvalue weighted by Crippen LogP contribution is -2.10. The topological polar surface area (TPSA) is 69.6 Å². The van der Waals surface area contributed by atoms with Crippen LogP contribution < -0.4 is 5.73 Å². The second kappa shape index (κ2) is 3.81. The van der Waals surface area contributed by atoms with E-state index in [0.717, 1.165) is 4.68 Å². The first-order chi connectivity index (χ1) is 5.99. The van der Waals surface area contributed by atoms with Crippen LogP contribution in [0, 0.1) is 0 Å². The summed E-state index contributed by atoms with van der Waals surface area (Å²) < 4.78 is 36.1. The third-order valence-corrected chi connectivity index (χ3v) is 1.84. The van der Waals surface area contributed by atoms with Crippen LogP contribution in [0.3, 0.4) is 0 Å². The van der Waals surface area contributed by atoms with Gasteiger partial charge in [0.2, 0.25) is 5.95 Å². The van der Waals surface area contributed by atoms with Gasteiger partial charge in [-0.2, -0.15) is 13.2 Å². The largest absolute Gasteiger partial charge is 0.441 e. The molecule has 0 atom stereocenters. The zero-order valence-corrected chi connectivity index (χ0v) is 7.14. The van der Waals surface area contributed by atoms with Crippen LogP contribution in [0.5, 0.6) is 0 Å². The molecule has 1 rings (SSSR count). The zero-order valence-electron chi connectivity index (χ0n) is 6.32. The predicted octanol–water partition coefficient (Wildman–Crippen LogP) is 0.508. The van der Waals surface area contributed by atoms with Gasteiger partial charge in [-0.05, 0) is 22.2 Å². The van der Waals surface area contributed by atoms with Crippen LogP contribution in [0.4, 0.5) is 19.1 Å². The molecular formula is C4H6F3N5S. The fourth-order valence-corrected chi connectivity index (χ4v) is 1.11. The summed E-state index contributed by atoms with van der Waals surface area (Å²) in [5.41, 5.74) is 1.01. The van der Waals surface area contributed by atoms with Gasteiger partial charge in [-0.25, -0.2) is 4.68 Å². The van der Waals surface area contributed by atoms with Gasteiger partial charge in [0.1, 0.15) is 0 Å². The first kappa shape index (κ1) is 10.1. The number of thioether (sulfide) groups is 1. The predicted molar refractivity (Wildman–Crippen MR) is 40.7 cm³/mol. The van der Waals surface area contributed by atoms with E-state index in [-0.39, 0.29) is 30.0 Å².